The van der Waals surface area contributed by atoms with Crippen molar-refractivity contribution in [3.8, 4) is 33.4 Å². The highest BCUT2D eigenvalue weighted by Gasteiger charge is 2.21. The molecule has 0 fully saturated rings. The SMILES string of the molecule is c1ccc(-c2c3ccccc3c(-c3ccc(-c4ccc5c(c4)c4ccccc4c4c5oc5c6ccccc6c6ccccc6c54)cc3)c3ccccc23)cc1. The monoisotopic (exact) mass is 696 g/mol. The van der Waals surface area contributed by atoms with Gasteiger partial charge in [-0.05, 0) is 99.4 Å². The minimum Gasteiger partial charge on any atom is -0.455 e. The van der Waals surface area contributed by atoms with Gasteiger partial charge in [0, 0.05) is 21.5 Å². The molecular formula is C54H32O. The second-order valence-electron chi connectivity index (χ2n) is 14.7. The van der Waals surface area contributed by atoms with Crippen molar-refractivity contribution < 1.29 is 4.42 Å². The van der Waals surface area contributed by atoms with Crippen LogP contribution in [0.1, 0.15) is 0 Å². The highest BCUT2D eigenvalue weighted by molar-refractivity contribution is 6.38. The number of fused-ring (bicyclic) bond motifs is 15. The van der Waals surface area contributed by atoms with Crippen molar-refractivity contribution in [3.63, 3.8) is 0 Å². The van der Waals surface area contributed by atoms with E-state index in [1.54, 1.807) is 0 Å². The fourth-order valence-corrected chi connectivity index (χ4v) is 9.44. The van der Waals surface area contributed by atoms with Gasteiger partial charge < -0.3 is 4.42 Å². The zero-order valence-corrected chi connectivity index (χ0v) is 29.9. The second-order valence-corrected chi connectivity index (χ2v) is 14.7. The Hall–Kier alpha value is -7.22. The van der Waals surface area contributed by atoms with Crippen LogP contribution < -0.4 is 0 Å². The topological polar surface area (TPSA) is 13.1 Å². The van der Waals surface area contributed by atoms with Crippen LogP contribution in [0.5, 0.6) is 0 Å². The van der Waals surface area contributed by atoms with E-state index in [4.69, 9.17) is 4.42 Å². The predicted octanol–water partition coefficient (Wildman–Crippen LogP) is 15.5. The number of rotatable bonds is 3. The molecule has 0 aliphatic heterocycles. The third kappa shape index (κ3) is 4.35. The van der Waals surface area contributed by atoms with Gasteiger partial charge in [-0.15, -0.1) is 0 Å². The van der Waals surface area contributed by atoms with Gasteiger partial charge in [-0.2, -0.15) is 0 Å². The molecule has 1 heteroatoms. The van der Waals surface area contributed by atoms with Crippen LogP contribution in [-0.4, -0.2) is 0 Å². The molecule has 254 valence electrons. The van der Waals surface area contributed by atoms with Crippen LogP contribution in [-0.2, 0) is 0 Å². The molecule has 0 aliphatic rings. The first-order chi connectivity index (χ1) is 27.3. The van der Waals surface area contributed by atoms with Gasteiger partial charge in [0.25, 0.3) is 0 Å². The molecule has 0 saturated heterocycles. The lowest BCUT2D eigenvalue weighted by molar-refractivity contribution is 0.677. The van der Waals surface area contributed by atoms with E-state index in [1.165, 1.54) is 98.0 Å². The Kier molecular flexibility index (Phi) is 6.40. The van der Waals surface area contributed by atoms with Crippen LogP contribution in [0, 0.1) is 0 Å². The van der Waals surface area contributed by atoms with E-state index in [-0.39, 0.29) is 0 Å². The average Bonchev–Trinajstić information content (AvgIpc) is 3.68. The first-order valence-electron chi connectivity index (χ1n) is 19.0. The van der Waals surface area contributed by atoms with Gasteiger partial charge in [-0.1, -0.05) is 182 Å². The maximum absolute atomic E-state index is 7.01. The average molecular weight is 697 g/mol. The van der Waals surface area contributed by atoms with Crippen LogP contribution in [0.15, 0.2) is 199 Å². The molecule has 12 aromatic rings. The van der Waals surface area contributed by atoms with Crippen LogP contribution >= 0.6 is 0 Å². The second kappa shape index (κ2) is 11.6. The normalized spacial score (nSPS) is 12.0. The third-order valence-corrected chi connectivity index (χ3v) is 11.8. The zero-order chi connectivity index (χ0) is 36.0. The molecule has 0 aliphatic carbocycles. The fraction of sp³-hybridized carbons (Fsp3) is 0. The van der Waals surface area contributed by atoms with Gasteiger partial charge in [-0.25, -0.2) is 0 Å². The fourth-order valence-electron chi connectivity index (χ4n) is 9.44. The van der Waals surface area contributed by atoms with Gasteiger partial charge in [0.05, 0.1) is 0 Å². The van der Waals surface area contributed by atoms with E-state index in [2.05, 4.69) is 194 Å². The summed E-state index contributed by atoms with van der Waals surface area (Å²) in [6.07, 6.45) is 0. The maximum Gasteiger partial charge on any atom is 0.143 e. The van der Waals surface area contributed by atoms with Crippen molar-refractivity contribution in [3.05, 3.63) is 194 Å². The van der Waals surface area contributed by atoms with Crippen molar-refractivity contribution >= 4 is 86.6 Å². The van der Waals surface area contributed by atoms with E-state index in [1.807, 2.05) is 0 Å². The number of benzene rings is 11. The Morgan fingerprint density at radius 3 is 1.09 bits per heavy atom. The van der Waals surface area contributed by atoms with Crippen molar-refractivity contribution in [2.24, 2.45) is 0 Å². The molecule has 0 radical (unpaired) electrons. The van der Waals surface area contributed by atoms with Crippen LogP contribution in [0.25, 0.3) is 120 Å². The molecule has 1 nitrogen and oxygen atoms in total. The standard InChI is InChI=1S/C54H32O/c1-2-14-34(15-3-1)49-42-21-9-11-23-44(42)50(45-24-12-10-22-43(45)49)35-28-26-33(27-29-35)36-30-31-47-48(32-36)39-18-5-8-20-41(39)52-51-40-19-7-4-16-37(40)38-17-6-13-25-46(38)53(51)55-54(47)52/h1-32H. The maximum atomic E-state index is 7.01. The number of hydrogen-bond acceptors (Lipinski definition) is 1. The van der Waals surface area contributed by atoms with Crippen LogP contribution in [0.3, 0.4) is 0 Å². The van der Waals surface area contributed by atoms with Gasteiger partial charge in [-0.3, -0.25) is 0 Å². The molecule has 0 unspecified atom stereocenters. The lowest BCUT2D eigenvalue weighted by Gasteiger charge is -2.18. The Bertz CT molecular complexity index is 3460. The van der Waals surface area contributed by atoms with E-state index in [0.717, 1.165) is 21.9 Å². The van der Waals surface area contributed by atoms with Crippen LogP contribution in [0.4, 0.5) is 0 Å². The molecule has 0 bridgehead atoms. The molecule has 12 rings (SSSR count). The highest BCUT2D eigenvalue weighted by Crippen LogP contribution is 2.48. The van der Waals surface area contributed by atoms with E-state index in [0.29, 0.717) is 0 Å². The summed E-state index contributed by atoms with van der Waals surface area (Å²) >= 11 is 0. The summed E-state index contributed by atoms with van der Waals surface area (Å²) in [5.74, 6) is 0. The zero-order valence-electron chi connectivity index (χ0n) is 29.9. The summed E-state index contributed by atoms with van der Waals surface area (Å²) < 4.78 is 7.01. The molecule has 0 atom stereocenters. The van der Waals surface area contributed by atoms with Gasteiger partial charge in [0.15, 0.2) is 0 Å². The number of hydrogen-bond donors (Lipinski definition) is 0. The minimum absolute atomic E-state index is 0.949. The first kappa shape index (κ1) is 30.3. The Labute approximate surface area is 317 Å². The molecule has 0 amide bonds. The molecule has 1 heterocycles. The molecule has 11 aromatic carbocycles. The highest BCUT2D eigenvalue weighted by atomic mass is 16.3. The van der Waals surface area contributed by atoms with Crippen molar-refractivity contribution in [1.29, 1.82) is 0 Å². The molecule has 55 heavy (non-hydrogen) atoms. The summed E-state index contributed by atoms with van der Waals surface area (Å²) in [7, 11) is 0. The van der Waals surface area contributed by atoms with Crippen LogP contribution in [0.2, 0.25) is 0 Å². The van der Waals surface area contributed by atoms with Crippen molar-refractivity contribution in [2.45, 2.75) is 0 Å². The Morgan fingerprint density at radius 1 is 0.218 bits per heavy atom. The minimum atomic E-state index is 0.949. The molecule has 1 aromatic heterocycles. The van der Waals surface area contributed by atoms with E-state index >= 15 is 0 Å². The van der Waals surface area contributed by atoms with Gasteiger partial charge in [0.1, 0.15) is 11.2 Å². The summed E-state index contributed by atoms with van der Waals surface area (Å²) in [6.45, 7) is 0. The van der Waals surface area contributed by atoms with Gasteiger partial charge in [0.2, 0.25) is 0 Å². The predicted molar refractivity (Wildman–Crippen MR) is 235 cm³/mol. The first-order valence-corrected chi connectivity index (χ1v) is 19.0. The van der Waals surface area contributed by atoms with Crippen molar-refractivity contribution in [1.82, 2.24) is 0 Å². The molecule has 0 N–H and O–H groups in total. The van der Waals surface area contributed by atoms with E-state index in [9.17, 15) is 0 Å². The Morgan fingerprint density at radius 2 is 0.564 bits per heavy atom. The quantitative estimate of drug-likeness (QED) is 0.132. The summed E-state index contributed by atoms with van der Waals surface area (Å²) in [4.78, 5) is 0. The van der Waals surface area contributed by atoms with E-state index < -0.39 is 0 Å². The molecule has 0 spiro atoms. The molecule has 0 saturated carbocycles. The lowest BCUT2D eigenvalue weighted by Crippen LogP contribution is -1.90. The summed E-state index contributed by atoms with van der Waals surface area (Å²) in [5, 5.41) is 17.1. The molecular weight excluding hydrogens is 665 g/mol. The Balaban J connectivity index is 1.06. The summed E-state index contributed by atoms with van der Waals surface area (Å²) in [5.41, 5.74) is 9.29. The smallest absolute Gasteiger partial charge is 0.143 e. The largest absolute Gasteiger partial charge is 0.455 e. The summed E-state index contributed by atoms with van der Waals surface area (Å²) in [6, 6.07) is 70.8. The lowest BCUT2D eigenvalue weighted by atomic mass is 9.85. The number of furan rings is 1. The third-order valence-electron chi connectivity index (χ3n) is 11.8. The van der Waals surface area contributed by atoms with Gasteiger partial charge >= 0.3 is 0 Å². The van der Waals surface area contributed by atoms with Crippen molar-refractivity contribution in [2.75, 3.05) is 0 Å².